The van der Waals surface area contributed by atoms with Crippen LogP contribution in [0.3, 0.4) is 0 Å². The van der Waals surface area contributed by atoms with Gasteiger partial charge >= 0.3 is 0 Å². The van der Waals surface area contributed by atoms with Crippen molar-refractivity contribution in [3.05, 3.63) is 28.3 Å². The topological polar surface area (TPSA) is 90.4 Å². The van der Waals surface area contributed by atoms with Gasteiger partial charge in [0, 0.05) is 19.2 Å². The zero-order valence-corrected chi connectivity index (χ0v) is 10.2. The number of nitrogens with one attached hydrogen (secondary N) is 1. The third-order valence-corrected chi connectivity index (χ3v) is 2.22. The molecule has 0 saturated carbocycles. The molecule has 0 fully saturated rings. The van der Waals surface area contributed by atoms with E-state index in [4.69, 9.17) is 10.5 Å². The summed E-state index contributed by atoms with van der Waals surface area (Å²) in [5.74, 6) is 0. The predicted octanol–water partition coefficient (Wildman–Crippen LogP) is 2.01. The van der Waals surface area contributed by atoms with Crippen molar-refractivity contribution in [3.8, 4) is 0 Å². The highest BCUT2D eigenvalue weighted by atomic mass is 16.6. The summed E-state index contributed by atoms with van der Waals surface area (Å²) >= 11 is 0. The Morgan fingerprint density at radius 3 is 2.65 bits per heavy atom. The molecule has 0 radical (unpaired) electrons. The molecule has 0 atom stereocenters. The summed E-state index contributed by atoms with van der Waals surface area (Å²) in [6, 6.07) is 4.36. The van der Waals surface area contributed by atoms with E-state index in [-0.39, 0.29) is 11.2 Å². The van der Waals surface area contributed by atoms with Gasteiger partial charge in [-0.05, 0) is 19.9 Å². The summed E-state index contributed by atoms with van der Waals surface area (Å²) in [6.45, 7) is 4.41. The summed E-state index contributed by atoms with van der Waals surface area (Å²) in [5, 5.41) is 13.7. The number of methoxy groups -OCH3 is 1. The number of non-ortho nitro benzene ring substituents is 1. The molecule has 0 aliphatic heterocycles. The number of nitrogens with zero attached hydrogens (tertiary/aromatic N) is 1. The number of hydrogen-bond acceptors (Lipinski definition) is 5. The molecule has 0 aromatic heterocycles. The third-order valence-electron chi connectivity index (χ3n) is 2.22. The molecule has 0 amide bonds. The second kappa shape index (κ2) is 5.01. The lowest BCUT2D eigenvalue weighted by Crippen LogP contribution is -2.36. The Labute approximate surface area is 99.9 Å². The SMILES string of the molecule is COCC(C)(C)Nc1ccc([N+](=O)[O-])cc1N. The first kappa shape index (κ1) is 13.2. The summed E-state index contributed by atoms with van der Waals surface area (Å²) in [7, 11) is 1.61. The highest BCUT2D eigenvalue weighted by Crippen LogP contribution is 2.26. The van der Waals surface area contributed by atoms with Crippen molar-refractivity contribution >= 4 is 17.1 Å². The molecule has 0 unspecified atom stereocenters. The molecule has 0 aliphatic carbocycles. The lowest BCUT2D eigenvalue weighted by molar-refractivity contribution is -0.384. The Hall–Kier alpha value is -1.82. The smallest absolute Gasteiger partial charge is 0.271 e. The zero-order valence-electron chi connectivity index (χ0n) is 10.2. The minimum atomic E-state index is -0.472. The number of nitro benzene ring substituents is 1. The molecule has 6 nitrogen and oxygen atoms in total. The third kappa shape index (κ3) is 3.60. The molecule has 6 heteroatoms. The van der Waals surface area contributed by atoms with Crippen LogP contribution in [0.1, 0.15) is 13.8 Å². The quantitative estimate of drug-likeness (QED) is 0.466. The van der Waals surface area contributed by atoms with Crippen LogP contribution in [-0.4, -0.2) is 24.2 Å². The van der Waals surface area contributed by atoms with Crippen molar-refractivity contribution in [1.82, 2.24) is 0 Å². The van der Waals surface area contributed by atoms with E-state index in [0.717, 1.165) is 0 Å². The van der Waals surface area contributed by atoms with Crippen molar-refractivity contribution in [3.63, 3.8) is 0 Å². The minimum absolute atomic E-state index is 0.0161. The lowest BCUT2D eigenvalue weighted by atomic mass is 10.1. The van der Waals surface area contributed by atoms with Gasteiger partial charge in [-0.3, -0.25) is 10.1 Å². The van der Waals surface area contributed by atoms with Gasteiger partial charge in [-0.2, -0.15) is 0 Å². The van der Waals surface area contributed by atoms with Crippen LogP contribution in [0.15, 0.2) is 18.2 Å². The van der Waals surface area contributed by atoms with Gasteiger partial charge in [0.05, 0.1) is 28.4 Å². The van der Waals surface area contributed by atoms with Gasteiger partial charge in [0.15, 0.2) is 0 Å². The first-order valence-electron chi connectivity index (χ1n) is 5.17. The number of hydrogen-bond donors (Lipinski definition) is 2. The number of ether oxygens (including phenoxy) is 1. The normalized spacial score (nSPS) is 11.2. The zero-order chi connectivity index (χ0) is 13.1. The number of anilines is 2. The molecule has 0 aliphatic rings. The molecule has 1 rings (SSSR count). The van der Waals surface area contributed by atoms with E-state index in [1.165, 1.54) is 12.1 Å². The van der Waals surface area contributed by atoms with E-state index in [2.05, 4.69) is 5.32 Å². The summed E-state index contributed by atoms with van der Waals surface area (Å²) in [4.78, 5) is 10.1. The second-order valence-corrected chi connectivity index (χ2v) is 4.47. The second-order valence-electron chi connectivity index (χ2n) is 4.47. The molecule has 17 heavy (non-hydrogen) atoms. The van der Waals surface area contributed by atoms with Crippen LogP contribution >= 0.6 is 0 Å². The summed E-state index contributed by atoms with van der Waals surface area (Å²) < 4.78 is 5.07. The van der Waals surface area contributed by atoms with Crippen LogP contribution in [-0.2, 0) is 4.74 Å². The maximum atomic E-state index is 10.6. The van der Waals surface area contributed by atoms with E-state index >= 15 is 0 Å². The Morgan fingerprint density at radius 2 is 2.18 bits per heavy atom. The monoisotopic (exact) mass is 239 g/mol. The van der Waals surface area contributed by atoms with Gasteiger partial charge in [0.2, 0.25) is 0 Å². The van der Waals surface area contributed by atoms with E-state index in [0.29, 0.717) is 18.0 Å². The van der Waals surface area contributed by atoms with Crippen LogP contribution in [0.2, 0.25) is 0 Å². The fourth-order valence-corrected chi connectivity index (χ4v) is 1.54. The van der Waals surface area contributed by atoms with Gasteiger partial charge in [-0.1, -0.05) is 0 Å². The van der Waals surface area contributed by atoms with Gasteiger partial charge < -0.3 is 15.8 Å². The standard InChI is InChI=1S/C11H17N3O3/c1-11(2,7-17-3)13-10-5-4-8(14(15)16)6-9(10)12/h4-6,13H,7,12H2,1-3H3. The average molecular weight is 239 g/mol. The highest BCUT2D eigenvalue weighted by Gasteiger charge is 2.19. The number of nitro groups is 1. The van der Waals surface area contributed by atoms with E-state index in [9.17, 15) is 10.1 Å². The van der Waals surface area contributed by atoms with Crippen LogP contribution in [0.5, 0.6) is 0 Å². The van der Waals surface area contributed by atoms with Crippen molar-refractivity contribution < 1.29 is 9.66 Å². The maximum Gasteiger partial charge on any atom is 0.271 e. The fourth-order valence-electron chi connectivity index (χ4n) is 1.54. The Morgan fingerprint density at radius 1 is 1.53 bits per heavy atom. The Kier molecular flexibility index (Phi) is 3.90. The number of nitrogen functional groups attached to an aromatic ring is 1. The molecule has 94 valence electrons. The number of nitrogens with two attached hydrogens (primary N) is 1. The Bertz CT molecular complexity index is 418. The maximum absolute atomic E-state index is 10.6. The molecular weight excluding hydrogens is 222 g/mol. The minimum Gasteiger partial charge on any atom is -0.397 e. The first-order chi connectivity index (χ1) is 7.85. The van der Waals surface area contributed by atoms with Crippen molar-refractivity contribution in [2.24, 2.45) is 0 Å². The molecule has 3 N–H and O–H groups in total. The van der Waals surface area contributed by atoms with Crippen molar-refractivity contribution in [1.29, 1.82) is 0 Å². The fraction of sp³-hybridized carbons (Fsp3) is 0.455. The molecule has 0 spiro atoms. The van der Waals surface area contributed by atoms with Crippen LogP contribution in [0, 0.1) is 10.1 Å². The molecule has 1 aromatic rings. The van der Waals surface area contributed by atoms with Crippen LogP contribution in [0.25, 0.3) is 0 Å². The largest absolute Gasteiger partial charge is 0.397 e. The van der Waals surface area contributed by atoms with Crippen LogP contribution in [0.4, 0.5) is 17.1 Å². The Balaban J connectivity index is 2.90. The number of benzene rings is 1. The lowest BCUT2D eigenvalue weighted by Gasteiger charge is -2.27. The van der Waals surface area contributed by atoms with E-state index in [1.54, 1.807) is 13.2 Å². The molecular formula is C11H17N3O3. The van der Waals surface area contributed by atoms with Gasteiger partial charge in [0.1, 0.15) is 0 Å². The average Bonchev–Trinajstić information content (AvgIpc) is 2.20. The molecule has 0 saturated heterocycles. The van der Waals surface area contributed by atoms with E-state index in [1.807, 2.05) is 13.8 Å². The van der Waals surface area contributed by atoms with Crippen molar-refractivity contribution in [2.45, 2.75) is 19.4 Å². The van der Waals surface area contributed by atoms with Crippen molar-refractivity contribution in [2.75, 3.05) is 24.8 Å². The number of rotatable bonds is 5. The van der Waals surface area contributed by atoms with Gasteiger partial charge in [-0.15, -0.1) is 0 Å². The van der Waals surface area contributed by atoms with Gasteiger partial charge in [0.25, 0.3) is 5.69 Å². The van der Waals surface area contributed by atoms with Gasteiger partial charge in [-0.25, -0.2) is 0 Å². The summed E-state index contributed by atoms with van der Waals surface area (Å²) in [6.07, 6.45) is 0. The van der Waals surface area contributed by atoms with E-state index < -0.39 is 4.92 Å². The summed E-state index contributed by atoms with van der Waals surface area (Å²) in [5.41, 5.74) is 6.46. The van der Waals surface area contributed by atoms with Crippen LogP contribution < -0.4 is 11.1 Å². The highest BCUT2D eigenvalue weighted by molar-refractivity contribution is 5.70. The molecule has 1 aromatic carbocycles. The molecule has 0 heterocycles. The molecule has 0 bridgehead atoms. The predicted molar refractivity (Wildman–Crippen MR) is 67.1 cm³/mol. The first-order valence-corrected chi connectivity index (χ1v) is 5.17.